The molecule has 0 atom stereocenters. The van der Waals surface area contributed by atoms with Crippen molar-refractivity contribution in [1.82, 2.24) is 0 Å². The summed E-state index contributed by atoms with van der Waals surface area (Å²) in [5.41, 5.74) is 2.40. The van der Waals surface area contributed by atoms with E-state index < -0.39 is 20.0 Å². The van der Waals surface area contributed by atoms with E-state index in [4.69, 9.17) is 4.42 Å². The summed E-state index contributed by atoms with van der Waals surface area (Å²) in [4.78, 5) is 0. The van der Waals surface area contributed by atoms with Crippen molar-refractivity contribution < 1.29 is 21.3 Å². The fraction of sp³-hybridized carbons (Fsp3) is 0.200. The van der Waals surface area contributed by atoms with Crippen molar-refractivity contribution in [2.75, 3.05) is 35.2 Å². The van der Waals surface area contributed by atoms with E-state index >= 15 is 0 Å². The zero-order valence-corrected chi connectivity index (χ0v) is 18.2. The van der Waals surface area contributed by atoms with Crippen LogP contribution in [0.5, 0.6) is 0 Å². The Bertz CT molecular complexity index is 1120. The monoisotopic (exact) mass is 434 g/mol. The van der Waals surface area contributed by atoms with Gasteiger partial charge in [0.1, 0.15) is 0 Å². The summed E-state index contributed by atoms with van der Waals surface area (Å²) in [6, 6.07) is 18.3. The van der Waals surface area contributed by atoms with Gasteiger partial charge in [-0.3, -0.25) is 0 Å². The predicted octanol–water partition coefficient (Wildman–Crippen LogP) is 3.41. The summed E-state index contributed by atoms with van der Waals surface area (Å²) < 4.78 is 57.0. The summed E-state index contributed by atoms with van der Waals surface area (Å²) in [5.74, 6) is 0.0890. The van der Waals surface area contributed by atoms with Crippen LogP contribution in [-0.2, 0) is 20.0 Å². The molecule has 2 aromatic carbocycles. The molecule has 0 saturated carbocycles. The Morgan fingerprint density at radius 2 is 0.931 bits per heavy atom. The Kier molecular flexibility index (Phi) is 5.46. The second kappa shape index (κ2) is 7.57. The van der Waals surface area contributed by atoms with Crippen LogP contribution in [-0.4, -0.2) is 43.4 Å². The highest BCUT2D eigenvalue weighted by Gasteiger charge is 2.32. The zero-order valence-electron chi connectivity index (χ0n) is 16.5. The molecule has 154 valence electrons. The molecule has 0 aliphatic carbocycles. The van der Waals surface area contributed by atoms with Crippen LogP contribution in [0, 0.1) is 0 Å². The normalized spacial score (nSPS) is 12.0. The SMILES string of the molecule is CN(c1oc(N(C)S(C)(=O)=O)c(-c2ccccc2)c1-c1ccccc1)S(C)(=O)=O. The molecule has 0 N–H and O–H groups in total. The first kappa shape index (κ1) is 20.9. The summed E-state index contributed by atoms with van der Waals surface area (Å²) in [6.45, 7) is 0. The van der Waals surface area contributed by atoms with Crippen LogP contribution in [0.3, 0.4) is 0 Å². The van der Waals surface area contributed by atoms with E-state index in [1.807, 2.05) is 60.7 Å². The second-order valence-electron chi connectivity index (χ2n) is 6.66. The predicted molar refractivity (Wildman–Crippen MR) is 116 cm³/mol. The van der Waals surface area contributed by atoms with Gasteiger partial charge in [-0.1, -0.05) is 60.7 Å². The maximum atomic E-state index is 12.3. The third-order valence-electron chi connectivity index (χ3n) is 4.56. The average molecular weight is 435 g/mol. The maximum Gasteiger partial charge on any atom is 0.234 e. The third kappa shape index (κ3) is 4.15. The van der Waals surface area contributed by atoms with E-state index in [0.717, 1.165) is 21.1 Å². The molecule has 0 unspecified atom stereocenters. The largest absolute Gasteiger partial charge is 0.422 e. The number of anilines is 2. The molecular formula is C20H22N2O5S2. The lowest BCUT2D eigenvalue weighted by Gasteiger charge is -2.16. The van der Waals surface area contributed by atoms with Crippen molar-refractivity contribution >= 4 is 31.8 Å². The van der Waals surface area contributed by atoms with Gasteiger partial charge in [0.2, 0.25) is 31.8 Å². The number of furan rings is 1. The second-order valence-corrected chi connectivity index (χ2v) is 10.7. The molecule has 0 aliphatic heterocycles. The van der Waals surface area contributed by atoms with E-state index in [0.29, 0.717) is 22.3 Å². The average Bonchev–Trinajstić information content (AvgIpc) is 3.06. The lowest BCUT2D eigenvalue weighted by Crippen LogP contribution is -2.25. The molecule has 1 heterocycles. The summed E-state index contributed by atoms with van der Waals surface area (Å²) in [6.07, 6.45) is 2.12. The number of sulfonamides is 2. The quantitative estimate of drug-likeness (QED) is 0.593. The lowest BCUT2D eigenvalue weighted by atomic mass is 9.97. The first-order valence-corrected chi connectivity index (χ1v) is 12.4. The van der Waals surface area contributed by atoms with Gasteiger partial charge in [-0.15, -0.1) is 0 Å². The fourth-order valence-electron chi connectivity index (χ4n) is 2.90. The van der Waals surface area contributed by atoms with Crippen LogP contribution in [0.15, 0.2) is 65.1 Å². The van der Waals surface area contributed by atoms with Gasteiger partial charge in [-0.25, -0.2) is 25.4 Å². The van der Waals surface area contributed by atoms with Crippen molar-refractivity contribution in [3.8, 4) is 22.3 Å². The molecule has 0 aliphatic rings. The summed E-state index contributed by atoms with van der Waals surface area (Å²) in [7, 11) is -4.57. The molecule has 7 nitrogen and oxygen atoms in total. The first-order valence-electron chi connectivity index (χ1n) is 8.67. The van der Waals surface area contributed by atoms with Gasteiger partial charge < -0.3 is 4.42 Å². The van der Waals surface area contributed by atoms with Crippen molar-refractivity contribution in [3.05, 3.63) is 60.7 Å². The van der Waals surface area contributed by atoms with Crippen molar-refractivity contribution in [2.24, 2.45) is 0 Å². The molecular weight excluding hydrogens is 412 g/mol. The van der Waals surface area contributed by atoms with Crippen LogP contribution >= 0.6 is 0 Å². The van der Waals surface area contributed by atoms with Gasteiger partial charge in [0, 0.05) is 14.1 Å². The van der Waals surface area contributed by atoms with Crippen LogP contribution in [0.2, 0.25) is 0 Å². The number of benzene rings is 2. The highest BCUT2D eigenvalue weighted by atomic mass is 32.2. The standard InChI is InChI=1S/C20H22N2O5S2/c1-21(28(3,23)24)19-17(15-11-7-5-8-12-15)18(16-13-9-6-10-14-16)20(27-19)22(2)29(4,25)26/h5-14H,1-4H3. The smallest absolute Gasteiger partial charge is 0.234 e. The van der Waals surface area contributed by atoms with Gasteiger partial charge in [-0.05, 0) is 11.1 Å². The summed E-state index contributed by atoms with van der Waals surface area (Å²) in [5, 5.41) is 0. The molecule has 0 bridgehead atoms. The highest BCUT2D eigenvalue weighted by molar-refractivity contribution is 7.92. The van der Waals surface area contributed by atoms with Gasteiger partial charge >= 0.3 is 0 Å². The number of hydrogen-bond acceptors (Lipinski definition) is 5. The fourth-order valence-corrected chi connectivity index (χ4v) is 3.76. The van der Waals surface area contributed by atoms with Crippen molar-refractivity contribution in [2.45, 2.75) is 0 Å². The molecule has 3 aromatic rings. The molecule has 9 heteroatoms. The Hall–Kier alpha value is -2.78. The number of nitrogens with zero attached hydrogens (tertiary/aromatic N) is 2. The molecule has 29 heavy (non-hydrogen) atoms. The zero-order chi connectivity index (χ0) is 21.4. The minimum Gasteiger partial charge on any atom is -0.422 e. The van der Waals surface area contributed by atoms with Crippen LogP contribution in [0.25, 0.3) is 22.3 Å². The van der Waals surface area contributed by atoms with Gasteiger partial charge in [0.15, 0.2) is 0 Å². The Morgan fingerprint density at radius 1 is 0.621 bits per heavy atom. The Labute approximate surface area is 171 Å². The van der Waals surface area contributed by atoms with Crippen LogP contribution < -0.4 is 8.61 Å². The van der Waals surface area contributed by atoms with Crippen LogP contribution in [0.1, 0.15) is 0 Å². The van der Waals surface area contributed by atoms with Crippen molar-refractivity contribution in [3.63, 3.8) is 0 Å². The molecule has 0 radical (unpaired) electrons. The van der Waals surface area contributed by atoms with E-state index in [1.54, 1.807) is 0 Å². The van der Waals surface area contributed by atoms with Gasteiger partial charge in [-0.2, -0.15) is 0 Å². The van der Waals surface area contributed by atoms with E-state index in [-0.39, 0.29) is 11.8 Å². The van der Waals surface area contributed by atoms with Crippen molar-refractivity contribution in [1.29, 1.82) is 0 Å². The Morgan fingerprint density at radius 3 is 1.21 bits per heavy atom. The molecule has 1 aromatic heterocycles. The third-order valence-corrected chi connectivity index (χ3v) is 6.88. The van der Waals surface area contributed by atoms with Gasteiger partial charge in [0.25, 0.3) is 0 Å². The highest BCUT2D eigenvalue weighted by Crippen LogP contribution is 2.48. The van der Waals surface area contributed by atoms with E-state index in [1.165, 1.54) is 14.1 Å². The molecule has 0 spiro atoms. The first-order chi connectivity index (χ1) is 13.5. The maximum absolute atomic E-state index is 12.3. The minimum atomic E-state index is -3.66. The number of rotatable bonds is 6. The van der Waals surface area contributed by atoms with E-state index in [2.05, 4.69) is 0 Å². The van der Waals surface area contributed by atoms with Gasteiger partial charge in [0.05, 0.1) is 23.6 Å². The lowest BCUT2D eigenvalue weighted by molar-refractivity contribution is 0.559. The van der Waals surface area contributed by atoms with E-state index in [9.17, 15) is 16.8 Å². The van der Waals surface area contributed by atoms with Crippen LogP contribution in [0.4, 0.5) is 11.8 Å². The molecule has 0 fully saturated rings. The molecule has 0 saturated heterocycles. The summed E-state index contributed by atoms with van der Waals surface area (Å²) >= 11 is 0. The molecule has 0 amide bonds. The molecule has 3 rings (SSSR count). The Balaban J connectivity index is 2.47. The number of hydrogen-bond donors (Lipinski definition) is 0. The minimum absolute atomic E-state index is 0.0445. The topological polar surface area (TPSA) is 87.9 Å².